The number of rotatable bonds is 40. The van der Waals surface area contributed by atoms with Crippen molar-refractivity contribution in [1.82, 2.24) is 0 Å². The summed E-state index contributed by atoms with van der Waals surface area (Å²) < 4.78 is 43.7. The molecule has 0 amide bonds. The number of hydrogen-bond donors (Lipinski definition) is 0. The maximum atomic E-state index is 11.5. The molecule has 0 saturated carbocycles. The van der Waals surface area contributed by atoms with Crippen LogP contribution in [0.3, 0.4) is 0 Å². The van der Waals surface area contributed by atoms with E-state index in [4.69, 9.17) is 37.9 Å². The monoisotopic (exact) mass is 649 g/mol. The van der Waals surface area contributed by atoms with Crippen molar-refractivity contribution in [3.63, 3.8) is 0 Å². The van der Waals surface area contributed by atoms with Gasteiger partial charge in [0.25, 0.3) is 0 Å². The summed E-state index contributed by atoms with van der Waals surface area (Å²) in [6.45, 7) is 12.4. The Hall–Kier alpha value is -0.810. The van der Waals surface area contributed by atoms with E-state index in [2.05, 4.69) is 13.8 Å². The van der Waals surface area contributed by atoms with Crippen LogP contribution in [0.1, 0.15) is 129 Å². The van der Waals surface area contributed by atoms with Crippen molar-refractivity contribution in [3.8, 4) is 0 Å². The number of hydrogen-bond acceptors (Lipinski definition) is 9. The van der Waals surface area contributed by atoms with Crippen molar-refractivity contribution in [1.29, 1.82) is 0 Å². The highest BCUT2D eigenvalue weighted by molar-refractivity contribution is 5.69. The van der Waals surface area contributed by atoms with E-state index >= 15 is 0 Å². The average molecular weight is 649 g/mol. The van der Waals surface area contributed by atoms with E-state index in [1.807, 2.05) is 0 Å². The molecule has 0 aromatic carbocycles. The van der Waals surface area contributed by atoms with Gasteiger partial charge in [-0.05, 0) is 12.8 Å². The predicted molar refractivity (Wildman–Crippen MR) is 181 cm³/mol. The predicted octanol–water partition coefficient (Wildman–Crippen LogP) is 7.71. The molecule has 0 rings (SSSR count). The highest BCUT2D eigenvalue weighted by atomic mass is 16.6. The molecule has 9 nitrogen and oxygen atoms in total. The highest BCUT2D eigenvalue weighted by Gasteiger charge is 2.02. The van der Waals surface area contributed by atoms with E-state index in [-0.39, 0.29) is 5.97 Å². The Morgan fingerprint density at radius 3 is 0.933 bits per heavy atom. The minimum atomic E-state index is -0.149. The maximum absolute atomic E-state index is 11.5. The molecule has 0 aliphatic rings. The van der Waals surface area contributed by atoms with Gasteiger partial charge in [0.1, 0.15) is 6.61 Å². The second-order valence-electron chi connectivity index (χ2n) is 11.6. The zero-order valence-corrected chi connectivity index (χ0v) is 29.5. The van der Waals surface area contributed by atoms with E-state index in [9.17, 15) is 4.79 Å². The zero-order chi connectivity index (χ0) is 32.6. The summed E-state index contributed by atoms with van der Waals surface area (Å²) in [4.78, 5) is 11.5. The van der Waals surface area contributed by atoms with Gasteiger partial charge in [0.2, 0.25) is 0 Å². The number of ether oxygens (including phenoxy) is 8. The molecule has 0 heterocycles. The summed E-state index contributed by atoms with van der Waals surface area (Å²) >= 11 is 0. The second-order valence-corrected chi connectivity index (χ2v) is 11.6. The topological polar surface area (TPSA) is 90.9 Å². The molecule has 0 spiro atoms. The van der Waals surface area contributed by atoms with Gasteiger partial charge in [0.05, 0.1) is 85.9 Å². The van der Waals surface area contributed by atoms with Gasteiger partial charge in [-0.1, -0.05) is 110 Å². The van der Waals surface area contributed by atoms with Gasteiger partial charge in [0.15, 0.2) is 0 Å². The van der Waals surface area contributed by atoms with Crippen molar-refractivity contribution in [2.75, 3.05) is 99.1 Å². The minimum absolute atomic E-state index is 0.149. The van der Waals surface area contributed by atoms with E-state index in [0.717, 1.165) is 32.3 Å². The number of carbonyl (C=O) groups is 1. The fourth-order valence-electron chi connectivity index (χ4n) is 4.63. The first-order valence-corrected chi connectivity index (χ1v) is 18.5. The SMILES string of the molecule is CCCCCCCCCCCCCCCCOCCOCCOCCOCCOCCOCCOCCOC(=O)CCCCC. The summed E-state index contributed by atoms with van der Waals surface area (Å²) in [5, 5.41) is 0. The molecule has 0 N–H and O–H groups in total. The third-order valence-corrected chi connectivity index (χ3v) is 7.35. The molecule has 45 heavy (non-hydrogen) atoms. The molecular weight excluding hydrogens is 576 g/mol. The highest BCUT2D eigenvalue weighted by Crippen LogP contribution is 2.13. The lowest BCUT2D eigenvalue weighted by molar-refractivity contribution is -0.145. The summed E-state index contributed by atoms with van der Waals surface area (Å²) in [7, 11) is 0. The molecule has 0 bridgehead atoms. The number of carbonyl (C=O) groups excluding carboxylic acids is 1. The average Bonchev–Trinajstić information content (AvgIpc) is 3.04. The van der Waals surface area contributed by atoms with Crippen LogP contribution in [0.5, 0.6) is 0 Å². The molecule has 0 aromatic heterocycles. The van der Waals surface area contributed by atoms with Gasteiger partial charge in [-0.25, -0.2) is 0 Å². The van der Waals surface area contributed by atoms with Gasteiger partial charge < -0.3 is 37.9 Å². The lowest BCUT2D eigenvalue weighted by Crippen LogP contribution is -2.15. The quantitative estimate of drug-likeness (QED) is 0.0489. The maximum Gasteiger partial charge on any atom is 0.305 e. The summed E-state index contributed by atoms with van der Waals surface area (Å²) in [5.74, 6) is -0.149. The molecule has 0 fully saturated rings. The fraction of sp³-hybridized carbons (Fsp3) is 0.972. The Bertz CT molecular complexity index is 551. The van der Waals surface area contributed by atoms with Gasteiger partial charge in [0, 0.05) is 13.0 Å². The van der Waals surface area contributed by atoms with Crippen molar-refractivity contribution in [3.05, 3.63) is 0 Å². The molecule has 0 saturated heterocycles. The molecule has 0 radical (unpaired) electrons. The van der Waals surface area contributed by atoms with Crippen molar-refractivity contribution >= 4 is 5.97 Å². The Morgan fingerprint density at radius 2 is 0.578 bits per heavy atom. The minimum Gasteiger partial charge on any atom is -0.463 e. The number of unbranched alkanes of at least 4 members (excludes halogenated alkanes) is 15. The standard InChI is InChI=1S/C36H72O9/c1-3-5-7-8-9-10-11-12-13-14-15-16-17-19-21-38-22-23-39-24-25-40-26-27-41-28-29-42-30-31-43-32-33-44-34-35-45-36(37)20-18-6-4-2/h3-35H2,1-2H3. The first kappa shape index (κ1) is 44.2. The largest absolute Gasteiger partial charge is 0.463 e. The van der Waals surface area contributed by atoms with E-state index in [0.29, 0.717) is 98.9 Å². The third kappa shape index (κ3) is 41.2. The first-order chi connectivity index (χ1) is 22.3. The molecule has 0 aliphatic carbocycles. The normalized spacial score (nSPS) is 11.4. The van der Waals surface area contributed by atoms with Crippen LogP contribution >= 0.6 is 0 Å². The molecule has 9 heteroatoms. The van der Waals surface area contributed by atoms with Gasteiger partial charge in [-0.15, -0.1) is 0 Å². The second kappa shape index (κ2) is 41.2. The Morgan fingerprint density at radius 1 is 0.311 bits per heavy atom. The summed E-state index contributed by atoms with van der Waals surface area (Å²) in [5.41, 5.74) is 0. The van der Waals surface area contributed by atoms with E-state index < -0.39 is 0 Å². The van der Waals surface area contributed by atoms with Crippen LogP contribution in [-0.2, 0) is 42.7 Å². The first-order valence-electron chi connectivity index (χ1n) is 18.5. The molecule has 0 atom stereocenters. The lowest BCUT2D eigenvalue weighted by atomic mass is 10.0. The Balaban J connectivity index is 3.07. The smallest absolute Gasteiger partial charge is 0.305 e. The zero-order valence-electron chi connectivity index (χ0n) is 29.5. The Labute approximate surface area is 277 Å². The van der Waals surface area contributed by atoms with Gasteiger partial charge >= 0.3 is 5.97 Å². The van der Waals surface area contributed by atoms with E-state index in [1.165, 1.54) is 83.5 Å². The summed E-state index contributed by atoms with van der Waals surface area (Å²) in [6.07, 6.45) is 22.8. The van der Waals surface area contributed by atoms with Crippen LogP contribution in [0.4, 0.5) is 0 Å². The van der Waals surface area contributed by atoms with Crippen LogP contribution < -0.4 is 0 Å². The van der Waals surface area contributed by atoms with E-state index in [1.54, 1.807) is 0 Å². The van der Waals surface area contributed by atoms with Gasteiger partial charge in [-0.3, -0.25) is 4.79 Å². The summed E-state index contributed by atoms with van der Waals surface area (Å²) in [6, 6.07) is 0. The third-order valence-electron chi connectivity index (χ3n) is 7.35. The number of esters is 1. The van der Waals surface area contributed by atoms with Crippen LogP contribution in [-0.4, -0.2) is 105 Å². The van der Waals surface area contributed by atoms with Crippen molar-refractivity contribution in [2.45, 2.75) is 129 Å². The van der Waals surface area contributed by atoms with Crippen molar-refractivity contribution in [2.24, 2.45) is 0 Å². The van der Waals surface area contributed by atoms with Crippen molar-refractivity contribution < 1.29 is 42.7 Å². The molecule has 270 valence electrons. The Kier molecular flexibility index (Phi) is 40.5. The molecular formula is C36H72O9. The van der Waals surface area contributed by atoms with Crippen LogP contribution in [0.2, 0.25) is 0 Å². The van der Waals surface area contributed by atoms with Crippen LogP contribution in [0.25, 0.3) is 0 Å². The molecule has 0 unspecified atom stereocenters. The lowest BCUT2D eigenvalue weighted by Gasteiger charge is -2.09. The molecule has 0 aliphatic heterocycles. The van der Waals surface area contributed by atoms with Gasteiger partial charge in [-0.2, -0.15) is 0 Å². The fourth-order valence-corrected chi connectivity index (χ4v) is 4.63. The molecule has 0 aromatic rings. The van der Waals surface area contributed by atoms with Crippen LogP contribution in [0.15, 0.2) is 0 Å². The van der Waals surface area contributed by atoms with Crippen LogP contribution in [0, 0.1) is 0 Å².